The second-order valence-corrected chi connectivity index (χ2v) is 6.41. The van der Waals surface area contributed by atoms with Gasteiger partial charge in [0, 0.05) is 12.0 Å². The first-order chi connectivity index (χ1) is 9.00. The molecule has 106 valence electrons. The van der Waals surface area contributed by atoms with Crippen molar-refractivity contribution in [3.05, 3.63) is 35.4 Å². The molecule has 1 unspecified atom stereocenters. The first-order valence-electron chi connectivity index (χ1n) is 7.49. The average Bonchev–Trinajstić information content (AvgIpc) is 2.42. The topological polar surface area (TPSA) is 23.5 Å². The van der Waals surface area contributed by atoms with E-state index in [-0.39, 0.29) is 11.6 Å². The van der Waals surface area contributed by atoms with Gasteiger partial charge in [-0.3, -0.25) is 4.90 Å². The van der Waals surface area contributed by atoms with Crippen molar-refractivity contribution in [1.82, 2.24) is 4.90 Å². The number of aliphatic hydroxyl groups is 1. The summed E-state index contributed by atoms with van der Waals surface area (Å²) in [4.78, 5) is 2.45. The second kappa shape index (κ2) is 6.06. The van der Waals surface area contributed by atoms with Gasteiger partial charge in [-0.2, -0.15) is 0 Å². The Morgan fingerprint density at radius 3 is 2.26 bits per heavy atom. The lowest BCUT2D eigenvalue weighted by molar-refractivity contribution is -0.0187. The number of hydrogen-bond acceptors (Lipinski definition) is 2. The maximum atomic E-state index is 10.6. The predicted molar refractivity (Wildman–Crippen MR) is 80.4 cm³/mol. The summed E-state index contributed by atoms with van der Waals surface area (Å²) in [5, 5.41) is 10.6. The summed E-state index contributed by atoms with van der Waals surface area (Å²) < 4.78 is 0. The van der Waals surface area contributed by atoms with Gasteiger partial charge in [0.1, 0.15) is 0 Å². The molecule has 1 atom stereocenters. The highest BCUT2D eigenvalue weighted by molar-refractivity contribution is 5.22. The van der Waals surface area contributed by atoms with Crippen LogP contribution in [0.15, 0.2) is 24.3 Å². The van der Waals surface area contributed by atoms with Gasteiger partial charge in [0.2, 0.25) is 0 Å². The van der Waals surface area contributed by atoms with E-state index in [9.17, 15) is 5.11 Å². The average molecular weight is 261 g/mol. The molecule has 1 fully saturated rings. The smallest absolute Gasteiger partial charge is 0.0758 e. The van der Waals surface area contributed by atoms with Crippen LogP contribution in [-0.2, 0) is 6.42 Å². The zero-order chi connectivity index (χ0) is 13.9. The molecule has 1 N–H and O–H groups in total. The molecule has 0 aliphatic carbocycles. The van der Waals surface area contributed by atoms with Crippen molar-refractivity contribution in [3.63, 3.8) is 0 Å². The molecule has 0 saturated carbocycles. The van der Waals surface area contributed by atoms with E-state index in [4.69, 9.17) is 0 Å². The summed E-state index contributed by atoms with van der Waals surface area (Å²) in [6, 6.07) is 8.50. The van der Waals surface area contributed by atoms with Gasteiger partial charge in [0.05, 0.1) is 6.10 Å². The fourth-order valence-corrected chi connectivity index (χ4v) is 2.88. The molecule has 0 radical (unpaired) electrons. The number of aliphatic hydroxyl groups excluding tert-OH is 1. The second-order valence-electron chi connectivity index (χ2n) is 6.41. The molecule has 2 heteroatoms. The third-order valence-corrected chi connectivity index (χ3v) is 4.54. The Morgan fingerprint density at radius 1 is 1.11 bits per heavy atom. The zero-order valence-electron chi connectivity index (χ0n) is 12.5. The minimum atomic E-state index is -0.312. The van der Waals surface area contributed by atoms with E-state index in [0.717, 1.165) is 19.5 Å². The minimum absolute atomic E-state index is 0.134. The minimum Gasteiger partial charge on any atom is -0.391 e. The highest BCUT2D eigenvalue weighted by atomic mass is 16.3. The van der Waals surface area contributed by atoms with Crippen LogP contribution in [-0.4, -0.2) is 34.7 Å². The van der Waals surface area contributed by atoms with Crippen LogP contribution < -0.4 is 0 Å². The number of hydrogen-bond donors (Lipinski definition) is 1. The van der Waals surface area contributed by atoms with Crippen molar-refractivity contribution >= 4 is 0 Å². The van der Waals surface area contributed by atoms with Gasteiger partial charge in [-0.1, -0.05) is 36.2 Å². The first-order valence-corrected chi connectivity index (χ1v) is 7.49. The Balaban J connectivity index is 2.00. The van der Waals surface area contributed by atoms with Crippen molar-refractivity contribution in [2.45, 2.75) is 58.1 Å². The van der Waals surface area contributed by atoms with Gasteiger partial charge in [0.15, 0.2) is 0 Å². The highest BCUT2D eigenvalue weighted by Gasteiger charge is 2.34. The third kappa shape index (κ3) is 3.58. The predicted octanol–water partition coefficient (Wildman–Crippen LogP) is 3.16. The lowest BCUT2D eigenvalue weighted by Gasteiger charge is -2.44. The lowest BCUT2D eigenvalue weighted by atomic mass is 9.88. The van der Waals surface area contributed by atoms with E-state index in [1.54, 1.807) is 0 Å². The molecule has 0 bridgehead atoms. The molecule has 1 aliphatic rings. The molecular formula is C17H27NO. The highest BCUT2D eigenvalue weighted by Crippen LogP contribution is 2.25. The van der Waals surface area contributed by atoms with E-state index >= 15 is 0 Å². The standard InChI is InChI=1S/C17H27NO/c1-14-7-9-15(10-8-14)13-16(19)17(2,3)18-11-5-4-6-12-18/h7-10,16,19H,4-6,11-13H2,1-3H3. The van der Waals surface area contributed by atoms with E-state index in [1.165, 1.54) is 30.4 Å². The summed E-state index contributed by atoms with van der Waals surface area (Å²) in [5.74, 6) is 0. The fourth-order valence-electron chi connectivity index (χ4n) is 2.88. The number of nitrogens with zero attached hydrogens (tertiary/aromatic N) is 1. The molecule has 1 aliphatic heterocycles. The molecule has 1 heterocycles. The van der Waals surface area contributed by atoms with Gasteiger partial charge in [0.25, 0.3) is 0 Å². The molecule has 0 amide bonds. The van der Waals surface area contributed by atoms with Crippen molar-refractivity contribution in [2.24, 2.45) is 0 Å². The van der Waals surface area contributed by atoms with Gasteiger partial charge in [-0.25, -0.2) is 0 Å². The Kier molecular flexibility index (Phi) is 4.64. The van der Waals surface area contributed by atoms with E-state index in [1.807, 2.05) is 0 Å². The van der Waals surface area contributed by atoms with Crippen LogP contribution in [0.1, 0.15) is 44.2 Å². The maximum absolute atomic E-state index is 10.6. The molecule has 0 aromatic heterocycles. The van der Waals surface area contributed by atoms with Crippen molar-refractivity contribution in [2.75, 3.05) is 13.1 Å². The van der Waals surface area contributed by atoms with Crippen LogP contribution in [0.4, 0.5) is 0 Å². The van der Waals surface area contributed by atoms with Crippen molar-refractivity contribution < 1.29 is 5.11 Å². The van der Waals surface area contributed by atoms with Crippen molar-refractivity contribution in [3.8, 4) is 0 Å². The van der Waals surface area contributed by atoms with Crippen LogP contribution in [0.3, 0.4) is 0 Å². The quantitative estimate of drug-likeness (QED) is 0.900. The number of rotatable bonds is 4. The normalized spacial score (nSPS) is 19.4. The lowest BCUT2D eigenvalue weighted by Crippen LogP contribution is -2.54. The summed E-state index contributed by atoms with van der Waals surface area (Å²) in [6.45, 7) is 8.70. The molecular weight excluding hydrogens is 234 g/mol. The number of piperidine rings is 1. The summed E-state index contributed by atoms with van der Waals surface area (Å²) in [5.41, 5.74) is 2.36. The number of aryl methyl sites for hydroxylation is 1. The summed E-state index contributed by atoms with van der Waals surface area (Å²) in [6.07, 6.45) is 4.29. The van der Waals surface area contributed by atoms with Gasteiger partial charge in [-0.15, -0.1) is 0 Å². The number of likely N-dealkylation sites (tertiary alicyclic amines) is 1. The summed E-state index contributed by atoms with van der Waals surface area (Å²) in [7, 11) is 0. The SMILES string of the molecule is Cc1ccc(CC(O)C(C)(C)N2CCCCC2)cc1. The van der Waals surface area contributed by atoms with Gasteiger partial charge >= 0.3 is 0 Å². The Bertz CT molecular complexity index is 390. The zero-order valence-corrected chi connectivity index (χ0v) is 12.5. The molecule has 19 heavy (non-hydrogen) atoms. The molecule has 2 rings (SSSR count). The van der Waals surface area contributed by atoms with Gasteiger partial charge in [-0.05, 0) is 52.3 Å². The van der Waals surface area contributed by atoms with Crippen LogP contribution in [0.5, 0.6) is 0 Å². The molecule has 1 saturated heterocycles. The third-order valence-electron chi connectivity index (χ3n) is 4.54. The van der Waals surface area contributed by atoms with Gasteiger partial charge < -0.3 is 5.11 Å². The monoisotopic (exact) mass is 261 g/mol. The van der Waals surface area contributed by atoms with Crippen LogP contribution in [0.2, 0.25) is 0 Å². The Morgan fingerprint density at radius 2 is 1.68 bits per heavy atom. The largest absolute Gasteiger partial charge is 0.391 e. The van der Waals surface area contributed by atoms with E-state index < -0.39 is 0 Å². The van der Waals surface area contributed by atoms with Crippen LogP contribution in [0, 0.1) is 6.92 Å². The summed E-state index contributed by atoms with van der Waals surface area (Å²) >= 11 is 0. The van der Waals surface area contributed by atoms with Crippen LogP contribution >= 0.6 is 0 Å². The van der Waals surface area contributed by atoms with E-state index in [2.05, 4.69) is 49.9 Å². The first kappa shape index (κ1) is 14.5. The van der Waals surface area contributed by atoms with Crippen molar-refractivity contribution in [1.29, 1.82) is 0 Å². The fraction of sp³-hybridized carbons (Fsp3) is 0.647. The number of benzene rings is 1. The molecule has 1 aromatic carbocycles. The van der Waals surface area contributed by atoms with Crippen LogP contribution in [0.25, 0.3) is 0 Å². The van der Waals surface area contributed by atoms with E-state index in [0.29, 0.717) is 0 Å². The molecule has 2 nitrogen and oxygen atoms in total. The Labute approximate surface area is 117 Å². The maximum Gasteiger partial charge on any atom is 0.0758 e. The molecule has 1 aromatic rings. The Hall–Kier alpha value is -0.860. The molecule has 0 spiro atoms.